The lowest BCUT2D eigenvalue weighted by molar-refractivity contribution is 0.350. The van der Waals surface area contributed by atoms with Crippen LogP contribution in [0.15, 0.2) is 41.3 Å². The van der Waals surface area contributed by atoms with E-state index < -0.39 is 10.0 Å². The molecule has 0 aromatic heterocycles. The Bertz CT molecular complexity index is 752. The molecule has 0 spiro atoms. The fraction of sp³-hybridized carbons (Fsp3) is 0.375. The topological polar surface area (TPSA) is 72.2 Å². The van der Waals surface area contributed by atoms with Gasteiger partial charge >= 0.3 is 0 Å². The van der Waals surface area contributed by atoms with Crippen LogP contribution in [0.4, 0.5) is 5.69 Å². The number of nitrogen functional groups attached to an aromatic ring is 1. The molecule has 0 atom stereocenters. The molecule has 2 aromatic rings. The molecule has 0 unspecified atom stereocenters. The molecule has 0 fully saturated rings. The molecule has 0 heterocycles. The molecule has 0 amide bonds. The maximum Gasteiger partial charge on any atom is 0.241 e. The van der Waals surface area contributed by atoms with Crippen molar-refractivity contribution in [3.63, 3.8) is 0 Å². The Labute approximate surface area is 126 Å². The van der Waals surface area contributed by atoms with E-state index in [0.29, 0.717) is 17.6 Å². The summed E-state index contributed by atoms with van der Waals surface area (Å²) in [5.74, 6) is 0. The highest BCUT2D eigenvalue weighted by Crippen LogP contribution is 2.28. The van der Waals surface area contributed by atoms with Gasteiger partial charge in [-0.25, -0.2) is 13.1 Å². The van der Waals surface area contributed by atoms with Crippen molar-refractivity contribution >= 4 is 26.5 Å². The predicted molar refractivity (Wildman–Crippen MR) is 87.6 cm³/mol. The van der Waals surface area contributed by atoms with Crippen LogP contribution >= 0.6 is 0 Å². The SMILES string of the molecule is CCC(C)(C)CNS(=O)(=O)c1ccc(N)c2ccccc12. The zero-order valence-corrected chi connectivity index (χ0v) is 13.5. The van der Waals surface area contributed by atoms with Gasteiger partial charge in [0.25, 0.3) is 0 Å². The fourth-order valence-corrected chi connectivity index (χ4v) is 3.47. The summed E-state index contributed by atoms with van der Waals surface area (Å²) in [5, 5.41) is 1.41. The van der Waals surface area contributed by atoms with Gasteiger partial charge in [-0.05, 0) is 24.0 Å². The number of nitrogens with two attached hydrogens (primary N) is 1. The maximum absolute atomic E-state index is 12.6. The van der Waals surface area contributed by atoms with E-state index in [1.54, 1.807) is 18.2 Å². The quantitative estimate of drug-likeness (QED) is 0.834. The van der Waals surface area contributed by atoms with Gasteiger partial charge in [0.2, 0.25) is 10.0 Å². The Kier molecular flexibility index (Phi) is 4.25. The molecule has 21 heavy (non-hydrogen) atoms. The predicted octanol–water partition coefficient (Wildman–Crippen LogP) is 3.14. The Morgan fingerprint density at radius 2 is 1.71 bits per heavy atom. The van der Waals surface area contributed by atoms with Crippen molar-refractivity contribution in [2.75, 3.05) is 12.3 Å². The van der Waals surface area contributed by atoms with Gasteiger partial charge in [-0.2, -0.15) is 0 Å². The second-order valence-corrected chi connectivity index (χ2v) is 7.78. The molecule has 0 aliphatic rings. The Hall–Kier alpha value is -1.59. The van der Waals surface area contributed by atoms with E-state index in [9.17, 15) is 8.42 Å². The smallest absolute Gasteiger partial charge is 0.241 e. The van der Waals surface area contributed by atoms with E-state index in [4.69, 9.17) is 5.73 Å². The highest BCUT2D eigenvalue weighted by atomic mass is 32.2. The second-order valence-electron chi connectivity index (χ2n) is 6.04. The molecule has 0 saturated heterocycles. The molecule has 0 saturated carbocycles. The van der Waals surface area contributed by atoms with E-state index in [1.165, 1.54) is 0 Å². The fourth-order valence-electron chi connectivity index (χ4n) is 2.02. The number of hydrogen-bond donors (Lipinski definition) is 2. The Morgan fingerprint density at radius 3 is 2.33 bits per heavy atom. The average Bonchev–Trinajstić information content (AvgIpc) is 2.46. The zero-order chi connectivity index (χ0) is 15.7. The third kappa shape index (κ3) is 3.36. The lowest BCUT2D eigenvalue weighted by Crippen LogP contribution is -2.33. The summed E-state index contributed by atoms with van der Waals surface area (Å²) in [6.45, 7) is 6.53. The summed E-state index contributed by atoms with van der Waals surface area (Å²) in [4.78, 5) is 0.277. The minimum absolute atomic E-state index is 0.0727. The summed E-state index contributed by atoms with van der Waals surface area (Å²) >= 11 is 0. The van der Waals surface area contributed by atoms with E-state index in [0.717, 1.165) is 11.8 Å². The van der Waals surface area contributed by atoms with E-state index in [-0.39, 0.29) is 10.3 Å². The molecule has 0 radical (unpaired) electrons. The van der Waals surface area contributed by atoms with Gasteiger partial charge in [0.1, 0.15) is 0 Å². The standard InChI is InChI=1S/C16H22N2O2S/c1-4-16(2,3)11-18-21(19,20)15-10-9-14(17)12-7-5-6-8-13(12)15/h5-10,18H,4,11,17H2,1-3H3. The van der Waals surface area contributed by atoms with Gasteiger partial charge in [0.05, 0.1) is 4.90 Å². The molecule has 3 N–H and O–H groups in total. The third-order valence-corrected chi connectivity index (χ3v) is 5.36. The molecule has 2 aromatic carbocycles. The van der Waals surface area contributed by atoms with Crippen LogP contribution in [-0.2, 0) is 10.0 Å². The summed E-state index contributed by atoms with van der Waals surface area (Å²) in [7, 11) is -3.55. The minimum Gasteiger partial charge on any atom is -0.398 e. The first-order chi connectivity index (χ1) is 9.77. The van der Waals surface area contributed by atoms with Crippen LogP contribution < -0.4 is 10.5 Å². The van der Waals surface area contributed by atoms with Crippen molar-refractivity contribution in [1.82, 2.24) is 4.72 Å². The van der Waals surface area contributed by atoms with Gasteiger partial charge in [-0.3, -0.25) is 0 Å². The monoisotopic (exact) mass is 306 g/mol. The summed E-state index contributed by atoms with van der Waals surface area (Å²) < 4.78 is 27.8. The van der Waals surface area contributed by atoms with Crippen LogP contribution in [0.2, 0.25) is 0 Å². The molecule has 0 aliphatic heterocycles. The van der Waals surface area contributed by atoms with Crippen LogP contribution in [0.3, 0.4) is 0 Å². The first kappa shape index (κ1) is 15.8. The minimum atomic E-state index is -3.55. The van der Waals surface area contributed by atoms with E-state index >= 15 is 0 Å². The van der Waals surface area contributed by atoms with Crippen LogP contribution in [0, 0.1) is 5.41 Å². The number of hydrogen-bond acceptors (Lipinski definition) is 3. The highest BCUT2D eigenvalue weighted by Gasteiger charge is 2.22. The number of sulfonamides is 1. The van der Waals surface area contributed by atoms with Crippen LogP contribution in [0.5, 0.6) is 0 Å². The molecule has 5 heteroatoms. The average molecular weight is 306 g/mol. The van der Waals surface area contributed by atoms with Crippen LogP contribution in [0.1, 0.15) is 27.2 Å². The highest BCUT2D eigenvalue weighted by molar-refractivity contribution is 7.89. The molecule has 4 nitrogen and oxygen atoms in total. The number of benzene rings is 2. The zero-order valence-electron chi connectivity index (χ0n) is 12.7. The Balaban J connectivity index is 2.44. The summed E-state index contributed by atoms with van der Waals surface area (Å²) in [6, 6.07) is 10.5. The van der Waals surface area contributed by atoms with Gasteiger partial charge < -0.3 is 5.73 Å². The van der Waals surface area contributed by atoms with Crippen molar-refractivity contribution < 1.29 is 8.42 Å². The van der Waals surface area contributed by atoms with Gasteiger partial charge in [-0.1, -0.05) is 45.0 Å². The normalized spacial score (nSPS) is 12.7. The summed E-state index contributed by atoms with van der Waals surface area (Å²) in [6.07, 6.45) is 0.901. The molecule has 2 rings (SSSR count). The maximum atomic E-state index is 12.6. The molecule has 0 bridgehead atoms. The molecular weight excluding hydrogens is 284 g/mol. The largest absolute Gasteiger partial charge is 0.398 e. The first-order valence-corrected chi connectivity index (χ1v) is 8.52. The van der Waals surface area contributed by atoms with Gasteiger partial charge in [-0.15, -0.1) is 0 Å². The van der Waals surface area contributed by atoms with E-state index in [2.05, 4.69) is 4.72 Å². The third-order valence-electron chi connectivity index (χ3n) is 3.91. The Morgan fingerprint density at radius 1 is 1.10 bits per heavy atom. The lowest BCUT2D eigenvalue weighted by atomic mass is 9.91. The van der Waals surface area contributed by atoms with Crippen molar-refractivity contribution in [2.24, 2.45) is 5.41 Å². The number of fused-ring (bicyclic) bond motifs is 1. The van der Waals surface area contributed by atoms with Crippen molar-refractivity contribution in [3.8, 4) is 0 Å². The molecular formula is C16H22N2O2S. The van der Waals surface area contributed by atoms with Crippen LogP contribution in [-0.4, -0.2) is 15.0 Å². The number of nitrogens with one attached hydrogen (secondary N) is 1. The van der Waals surface area contributed by atoms with E-state index in [1.807, 2.05) is 39.0 Å². The van der Waals surface area contributed by atoms with Gasteiger partial charge in [0, 0.05) is 23.0 Å². The summed E-state index contributed by atoms with van der Waals surface area (Å²) in [5.41, 5.74) is 6.43. The van der Waals surface area contributed by atoms with Crippen molar-refractivity contribution in [3.05, 3.63) is 36.4 Å². The molecule has 114 valence electrons. The number of anilines is 1. The lowest BCUT2D eigenvalue weighted by Gasteiger charge is -2.23. The number of rotatable bonds is 5. The first-order valence-electron chi connectivity index (χ1n) is 7.04. The van der Waals surface area contributed by atoms with Crippen LogP contribution in [0.25, 0.3) is 10.8 Å². The molecule has 0 aliphatic carbocycles. The van der Waals surface area contributed by atoms with Crippen molar-refractivity contribution in [2.45, 2.75) is 32.1 Å². The van der Waals surface area contributed by atoms with Crippen molar-refractivity contribution in [1.29, 1.82) is 0 Å². The second kappa shape index (κ2) is 5.66. The van der Waals surface area contributed by atoms with Gasteiger partial charge in [0.15, 0.2) is 0 Å².